The largest absolute Gasteiger partial charge is 0.497 e. The number of aliphatic hydroxyl groups excluding tert-OH is 1. The van der Waals surface area contributed by atoms with Gasteiger partial charge in [0, 0.05) is 24.4 Å². The molecule has 3 aromatic rings. The van der Waals surface area contributed by atoms with Crippen molar-refractivity contribution in [1.29, 1.82) is 0 Å². The quantitative estimate of drug-likeness (QED) is 0.414. The summed E-state index contributed by atoms with van der Waals surface area (Å²) in [6.45, 7) is 4.20. The average molecular weight is 409 g/mol. The van der Waals surface area contributed by atoms with Crippen LogP contribution in [0.1, 0.15) is 18.4 Å². The van der Waals surface area contributed by atoms with Gasteiger partial charge in [-0.05, 0) is 37.1 Å². The van der Waals surface area contributed by atoms with Gasteiger partial charge in [-0.3, -0.25) is 4.98 Å². The molecular weight excluding hydrogens is 382 g/mol. The van der Waals surface area contributed by atoms with Crippen LogP contribution in [0.2, 0.25) is 0 Å². The number of hydrogen-bond donors (Lipinski definition) is 3. The van der Waals surface area contributed by atoms with E-state index in [4.69, 9.17) is 9.47 Å². The molecule has 0 aliphatic rings. The van der Waals surface area contributed by atoms with Crippen molar-refractivity contribution in [2.75, 3.05) is 31.5 Å². The summed E-state index contributed by atoms with van der Waals surface area (Å²) in [5.41, 5.74) is 2.31. The second kappa shape index (κ2) is 10.4. The Labute approximate surface area is 176 Å². The molecule has 2 heterocycles. The molecule has 1 atom stereocenters. The highest BCUT2D eigenvalue weighted by atomic mass is 16.5. The molecule has 0 fully saturated rings. The lowest BCUT2D eigenvalue weighted by Crippen LogP contribution is -2.24. The van der Waals surface area contributed by atoms with E-state index in [-0.39, 0.29) is 12.6 Å². The van der Waals surface area contributed by atoms with Crippen LogP contribution in [0.3, 0.4) is 0 Å². The monoisotopic (exact) mass is 409 g/mol. The van der Waals surface area contributed by atoms with Gasteiger partial charge in [0.25, 0.3) is 0 Å². The van der Waals surface area contributed by atoms with E-state index < -0.39 is 0 Å². The number of rotatable bonds is 11. The Kier molecular flexibility index (Phi) is 7.40. The fraction of sp³-hybridized carbons (Fsp3) is 0.318. The maximum absolute atomic E-state index is 9.71. The average Bonchev–Trinajstić information content (AvgIpc) is 2.80. The molecule has 158 valence electrons. The highest BCUT2D eigenvalue weighted by Gasteiger charge is 2.14. The fourth-order valence-corrected chi connectivity index (χ4v) is 3.04. The Morgan fingerprint density at radius 1 is 1.20 bits per heavy atom. The number of methoxy groups -OCH3 is 2. The van der Waals surface area contributed by atoms with Crippen LogP contribution >= 0.6 is 0 Å². The number of benzene rings is 1. The van der Waals surface area contributed by atoms with E-state index >= 15 is 0 Å². The molecule has 3 rings (SSSR count). The summed E-state index contributed by atoms with van der Waals surface area (Å²) in [7, 11) is 3.24. The molecule has 0 radical (unpaired) electrons. The van der Waals surface area contributed by atoms with Crippen LogP contribution in [0.15, 0.2) is 49.2 Å². The van der Waals surface area contributed by atoms with Crippen molar-refractivity contribution in [2.24, 2.45) is 0 Å². The van der Waals surface area contributed by atoms with Gasteiger partial charge in [-0.25, -0.2) is 4.98 Å². The van der Waals surface area contributed by atoms with Gasteiger partial charge in [0.15, 0.2) is 5.82 Å². The van der Waals surface area contributed by atoms with Crippen molar-refractivity contribution in [1.82, 2.24) is 15.0 Å². The molecule has 0 unspecified atom stereocenters. The maximum atomic E-state index is 9.71. The Hall–Kier alpha value is -3.39. The van der Waals surface area contributed by atoms with Gasteiger partial charge >= 0.3 is 0 Å². The SMILES string of the molecule is C=CCC[C@H](CO)Nc1nc(NCc2ccc(OC)cc2OC)nc2cccnc12. The van der Waals surface area contributed by atoms with Gasteiger partial charge in [0.1, 0.15) is 17.0 Å². The number of pyridine rings is 1. The lowest BCUT2D eigenvalue weighted by atomic mass is 10.1. The summed E-state index contributed by atoms with van der Waals surface area (Å²) in [5, 5.41) is 16.2. The lowest BCUT2D eigenvalue weighted by Gasteiger charge is -2.18. The van der Waals surface area contributed by atoms with Crippen molar-refractivity contribution < 1.29 is 14.6 Å². The minimum atomic E-state index is -0.155. The van der Waals surface area contributed by atoms with Crippen molar-refractivity contribution in [2.45, 2.75) is 25.4 Å². The van der Waals surface area contributed by atoms with E-state index in [1.807, 2.05) is 36.4 Å². The molecule has 0 saturated carbocycles. The lowest BCUT2D eigenvalue weighted by molar-refractivity contribution is 0.269. The van der Waals surface area contributed by atoms with Crippen LogP contribution in [0.25, 0.3) is 11.0 Å². The molecule has 2 aromatic heterocycles. The van der Waals surface area contributed by atoms with Crippen LogP contribution in [0.4, 0.5) is 11.8 Å². The van der Waals surface area contributed by atoms with Gasteiger partial charge in [0.05, 0.1) is 32.4 Å². The zero-order valence-electron chi connectivity index (χ0n) is 17.3. The molecular formula is C22H27N5O3. The van der Waals surface area contributed by atoms with E-state index in [1.54, 1.807) is 20.4 Å². The Bertz CT molecular complexity index is 996. The second-order valence-electron chi connectivity index (χ2n) is 6.69. The number of nitrogens with one attached hydrogen (secondary N) is 2. The molecule has 0 bridgehead atoms. The summed E-state index contributed by atoms with van der Waals surface area (Å²) in [4.78, 5) is 13.6. The van der Waals surface area contributed by atoms with Crippen LogP contribution in [-0.2, 0) is 6.54 Å². The molecule has 8 nitrogen and oxygen atoms in total. The molecule has 0 aliphatic heterocycles. The van der Waals surface area contributed by atoms with E-state index in [9.17, 15) is 5.11 Å². The standard InChI is InChI=1S/C22H27N5O3/c1-4-5-7-16(14-28)25-21-20-18(8-6-11-23-20)26-22(27-21)24-13-15-9-10-17(29-2)12-19(15)30-3/h4,6,8-12,16,28H,1,5,7,13-14H2,2-3H3,(H2,24,25,26,27)/t16-/m1/s1. The van der Waals surface area contributed by atoms with E-state index in [2.05, 4.69) is 32.2 Å². The predicted octanol–water partition coefficient (Wildman–Crippen LogP) is 3.39. The molecule has 0 aliphatic carbocycles. The maximum Gasteiger partial charge on any atom is 0.225 e. The predicted molar refractivity (Wildman–Crippen MR) is 118 cm³/mol. The van der Waals surface area contributed by atoms with Gasteiger partial charge in [-0.2, -0.15) is 4.98 Å². The normalized spacial score (nSPS) is 11.7. The summed E-state index contributed by atoms with van der Waals surface area (Å²) >= 11 is 0. The van der Waals surface area contributed by atoms with E-state index in [0.29, 0.717) is 35.1 Å². The Morgan fingerprint density at radius 2 is 2.07 bits per heavy atom. The minimum Gasteiger partial charge on any atom is -0.497 e. The molecule has 8 heteroatoms. The van der Waals surface area contributed by atoms with Crippen LogP contribution in [0, 0.1) is 0 Å². The summed E-state index contributed by atoms with van der Waals surface area (Å²) in [6, 6.07) is 9.20. The first-order valence-corrected chi connectivity index (χ1v) is 9.74. The van der Waals surface area contributed by atoms with Gasteiger partial charge < -0.3 is 25.2 Å². The third-order valence-electron chi connectivity index (χ3n) is 4.67. The smallest absolute Gasteiger partial charge is 0.225 e. The van der Waals surface area contributed by atoms with Crippen molar-refractivity contribution in [3.63, 3.8) is 0 Å². The van der Waals surface area contributed by atoms with Gasteiger partial charge in [0.2, 0.25) is 5.95 Å². The number of anilines is 2. The Morgan fingerprint density at radius 3 is 2.80 bits per heavy atom. The van der Waals surface area contributed by atoms with Crippen molar-refractivity contribution in [3.8, 4) is 11.5 Å². The van der Waals surface area contributed by atoms with Crippen LogP contribution < -0.4 is 20.1 Å². The molecule has 0 amide bonds. The summed E-state index contributed by atoms with van der Waals surface area (Å²) in [6.07, 6.45) is 5.06. The number of ether oxygens (including phenoxy) is 2. The first-order valence-electron chi connectivity index (χ1n) is 9.74. The third-order valence-corrected chi connectivity index (χ3v) is 4.67. The number of allylic oxidation sites excluding steroid dienone is 1. The van der Waals surface area contributed by atoms with Crippen LogP contribution in [0.5, 0.6) is 11.5 Å². The second-order valence-corrected chi connectivity index (χ2v) is 6.69. The van der Waals surface area contributed by atoms with E-state index in [1.165, 1.54) is 0 Å². The number of nitrogens with zero attached hydrogens (tertiary/aromatic N) is 3. The van der Waals surface area contributed by atoms with Crippen molar-refractivity contribution in [3.05, 3.63) is 54.7 Å². The number of aliphatic hydroxyl groups is 1. The number of aromatic nitrogens is 3. The number of fused-ring (bicyclic) bond motifs is 1. The van der Waals surface area contributed by atoms with Gasteiger partial charge in [-0.15, -0.1) is 6.58 Å². The Balaban J connectivity index is 1.85. The fourth-order valence-electron chi connectivity index (χ4n) is 3.04. The molecule has 1 aromatic carbocycles. The number of hydrogen-bond acceptors (Lipinski definition) is 8. The molecule has 0 spiro atoms. The van der Waals surface area contributed by atoms with Gasteiger partial charge in [-0.1, -0.05) is 6.08 Å². The summed E-state index contributed by atoms with van der Waals surface area (Å²) < 4.78 is 10.7. The van der Waals surface area contributed by atoms with E-state index in [0.717, 1.165) is 24.2 Å². The minimum absolute atomic E-state index is 0.0159. The molecule has 30 heavy (non-hydrogen) atoms. The zero-order chi connectivity index (χ0) is 21.3. The topological polar surface area (TPSA) is 101 Å². The molecule has 0 saturated heterocycles. The third kappa shape index (κ3) is 5.15. The molecule has 3 N–H and O–H groups in total. The highest BCUT2D eigenvalue weighted by Crippen LogP contribution is 2.26. The first kappa shape index (κ1) is 21.3. The highest BCUT2D eigenvalue weighted by molar-refractivity contribution is 5.86. The van der Waals surface area contributed by atoms with Crippen molar-refractivity contribution >= 4 is 22.8 Å². The first-order chi connectivity index (χ1) is 14.7. The van der Waals surface area contributed by atoms with Crippen LogP contribution in [-0.4, -0.2) is 46.9 Å². The summed E-state index contributed by atoms with van der Waals surface area (Å²) in [5.74, 6) is 2.47. The zero-order valence-corrected chi connectivity index (χ0v) is 17.3.